The summed E-state index contributed by atoms with van der Waals surface area (Å²) in [5, 5.41) is 18.5. The molecule has 0 aromatic heterocycles. The summed E-state index contributed by atoms with van der Waals surface area (Å²) in [6, 6.07) is 4.63. The second kappa shape index (κ2) is 4.19. The van der Waals surface area contributed by atoms with Crippen molar-refractivity contribution in [2.24, 2.45) is 0 Å². The molecule has 0 saturated carbocycles. The van der Waals surface area contributed by atoms with E-state index in [1.165, 1.54) is 6.07 Å². The zero-order valence-corrected chi connectivity index (χ0v) is 10.9. The molecular formula is C9H14NO2Sn+. The Morgan fingerprint density at radius 3 is 2.00 bits per heavy atom. The van der Waals surface area contributed by atoms with Gasteiger partial charge in [0.2, 0.25) is 0 Å². The van der Waals surface area contributed by atoms with Crippen LogP contribution in [0.5, 0.6) is 11.5 Å². The van der Waals surface area contributed by atoms with Crippen LogP contribution in [0, 0.1) is 0 Å². The van der Waals surface area contributed by atoms with Gasteiger partial charge in [-0.05, 0) is 6.07 Å². The first-order valence-corrected chi connectivity index (χ1v) is 3.75. The van der Waals surface area contributed by atoms with Gasteiger partial charge in [-0.1, -0.05) is 0 Å². The molecule has 0 amide bonds. The van der Waals surface area contributed by atoms with Crippen molar-refractivity contribution in [1.29, 1.82) is 0 Å². The number of phenolic OH excluding ortho intramolecular Hbond substituents is 2. The summed E-state index contributed by atoms with van der Waals surface area (Å²) in [4.78, 5) is 0. The molecule has 4 heteroatoms. The zero-order chi connectivity index (χ0) is 9.35. The van der Waals surface area contributed by atoms with Crippen LogP contribution in [-0.4, -0.2) is 55.3 Å². The summed E-state index contributed by atoms with van der Waals surface area (Å²) in [6.07, 6.45) is 0. The SMILES string of the molecule is C[N+](C)(C)c1ccc(O)cc1O.[Sn]. The van der Waals surface area contributed by atoms with Gasteiger partial charge in [0.25, 0.3) is 0 Å². The largest absolute Gasteiger partial charge is 0.508 e. The molecule has 0 unspecified atom stereocenters. The number of hydrogen-bond acceptors (Lipinski definition) is 2. The smallest absolute Gasteiger partial charge is 0.180 e. The van der Waals surface area contributed by atoms with Gasteiger partial charge in [0, 0.05) is 36.0 Å². The van der Waals surface area contributed by atoms with Gasteiger partial charge in [-0.25, -0.2) is 0 Å². The van der Waals surface area contributed by atoms with Crippen LogP contribution >= 0.6 is 0 Å². The minimum atomic E-state index is 0. The van der Waals surface area contributed by atoms with Crippen molar-refractivity contribution in [2.75, 3.05) is 21.1 Å². The van der Waals surface area contributed by atoms with Crippen LogP contribution in [0.3, 0.4) is 0 Å². The molecule has 1 rings (SSSR count). The molecule has 0 aliphatic carbocycles. The Morgan fingerprint density at radius 2 is 1.62 bits per heavy atom. The maximum atomic E-state index is 9.45. The Labute approximate surface area is 95.2 Å². The molecule has 0 fully saturated rings. The quantitative estimate of drug-likeness (QED) is 0.595. The summed E-state index contributed by atoms with van der Waals surface area (Å²) in [5.74, 6) is 0.215. The van der Waals surface area contributed by atoms with Crippen LogP contribution in [0.2, 0.25) is 0 Å². The monoisotopic (exact) mass is 288 g/mol. The number of rotatable bonds is 1. The Hall–Kier alpha value is -0.421. The molecule has 3 nitrogen and oxygen atoms in total. The first-order valence-electron chi connectivity index (χ1n) is 3.75. The Kier molecular flexibility index (Phi) is 4.06. The van der Waals surface area contributed by atoms with Crippen LogP contribution in [0.25, 0.3) is 0 Å². The molecular weight excluding hydrogens is 273 g/mol. The van der Waals surface area contributed by atoms with Gasteiger partial charge in [0.15, 0.2) is 11.4 Å². The van der Waals surface area contributed by atoms with E-state index >= 15 is 0 Å². The topological polar surface area (TPSA) is 40.5 Å². The van der Waals surface area contributed by atoms with Gasteiger partial charge in [-0.3, -0.25) is 4.48 Å². The number of hydrogen-bond donors (Lipinski definition) is 2. The standard InChI is InChI=1S/C9H13NO2.Sn/c1-10(2,3)8-5-4-7(11)6-9(8)12;/h4-6H,1-3H3,(H-,11,12);/p+1. The van der Waals surface area contributed by atoms with E-state index in [2.05, 4.69) is 0 Å². The molecule has 0 aliphatic heterocycles. The van der Waals surface area contributed by atoms with Gasteiger partial charge in [-0.2, -0.15) is 0 Å². The third-order valence-corrected chi connectivity index (χ3v) is 1.68. The second-order valence-electron chi connectivity index (χ2n) is 3.69. The normalized spacial score (nSPS) is 10.7. The number of nitrogens with zero attached hydrogens (tertiary/aromatic N) is 1. The summed E-state index contributed by atoms with van der Waals surface area (Å²) in [6.45, 7) is 0. The molecule has 0 heterocycles. The summed E-state index contributed by atoms with van der Waals surface area (Å²) < 4.78 is 0.534. The third-order valence-electron chi connectivity index (χ3n) is 1.68. The van der Waals surface area contributed by atoms with E-state index < -0.39 is 0 Å². The molecule has 1 aromatic rings. The van der Waals surface area contributed by atoms with Gasteiger partial charge < -0.3 is 10.2 Å². The fraction of sp³-hybridized carbons (Fsp3) is 0.333. The van der Waals surface area contributed by atoms with Gasteiger partial charge in [-0.15, -0.1) is 0 Å². The zero-order valence-electron chi connectivity index (χ0n) is 8.07. The van der Waals surface area contributed by atoms with Crippen molar-refractivity contribution in [3.63, 3.8) is 0 Å². The Balaban J connectivity index is 0.00000144. The van der Waals surface area contributed by atoms with E-state index in [1.54, 1.807) is 12.1 Å². The molecule has 70 valence electrons. The summed E-state index contributed by atoms with van der Waals surface area (Å²) >= 11 is 0. The molecule has 0 bridgehead atoms. The molecule has 0 aliphatic rings. The number of quaternary nitrogens is 1. The van der Waals surface area contributed by atoms with Crippen LogP contribution in [-0.2, 0) is 0 Å². The number of benzene rings is 1. The number of aromatic hydroxyl groups is 2. The minimum Gasteiger partial charge on any atom is -0.508 e. The predicted molar refractivity (Wildman–Crippen MR) is 55.1 cm³/mol. The van der Waals surface area contributed by atoms with E-state index in [4.69, 9.17) is 5.11 Å². The van der Waals surface area contributed by atoms with Crippen LogP contribution in [0.4, 0.5) is 5.69 Å². The van der Waals surface area contributed by atoms with Crippen molar-refractivity contribution in [1.82, 2.24) is 4.48 Å². The fourth-order valence-electron chi connectivity index (χ4n) is 1.08. The molecule has 13 heavy (non-hydrogen) atoms. The van der Waals surface area contributed by atoms with Crippen LogP contribution in [0.1, 0.15) is 0 Å². The molecule has 0 atom stereocenters. The van der Waals surface area contributed by atoms with E-state index in [1.807, 2.05) is 21.1 Å². The van der Waals surface area contributed by atoms with Crippen molar-refractivity contribution in [3.8, 4) is 11.5 Å². The fourth-order valence-corrected chi connectivity index (χ4v) is 1.08. The molecule has 2 N–H and O–H groups in total. The van der Waals surface area contributed by atoms with Crippen molar-refractivity contribution in [2.45, 2.75) is 0 Å². The average Bonchev–Trinajstić information content (AvgIpc) is 1.83. The third kappa shape index (κ3) is 3.08. The summed E-state index contributed by atoms with van der Waals surface area (Å²) in [5.41, 5.74) is 0.785. The van der Waals surface area contributed by atoms with Gasteiger partial charge >= 0.3 is 0 Å². The minimum absolute atomic E-state index is 0. The number of phenols is 2. The van der Waals surface area contributed by atoms with Gasteiger partial charge in [0.05, 0.1) is 21.1 Å². The Bertz CT molecular complexity index is 294. The predicted octanol–water partition coefficient (Wildman–Crippen LogP) is 0.914. The molecule has 0 spiro atoms. The van der Waals surface area contributed by atoms with E-state index in [0.717, 1.165) is 5.69 Å². The first-order chi connectivity index (χ1) is 5.41. The van der Waals surface area contributed by atoms with Gasteiger partial charge in [0.1, 0.15) is 5.75 Å². The Morgan fingerprint density at radius 1 is 1.08 bits per heavy atom. The van der Waals surface area contributed by atoms with E-state index in [0.29, 0.717) is 4.48 Å². The van der Waals surface area contributed by atoms with E-state index in [9.17, 15) is 5.11 Å². The van der Waals surface area contributed by atoms with Crippen molar-refractivity contribution < 1.29 is 10.2 Å². The van der Waals surface area contributed by atoms with Crippen LogP contribution in [0.15, 0.2) is 18.2 Å². The van der Waals surface area contributed by atoms with E-state index in [-0.39, 0.29) is 35.4 Å². The van der Waals surface area contributed by atoms with Crippen LogP contribution < -0.4 is 4.48 Å². The maximum absolute atomic E-state index is 9.45. The summed E-state index contributed by atoms with van der Waals surface area (Å²) in [7, 11) is 5.85. The molecule has 1 aromatic carbocycles. The van der Waals surface area contributed by atoms with Crippen molar-refractivity contribution in [3.05, 3.63) is 18.2 Å². The molecule has 0 saturated heterocycles. The second-order valence-corrected chi connectivity index (χ2v) is 3.69. The maximum Gasteiger partial charge on any atom is 0.180 e. The average molecular weight is 287 g/mol. The van der Waals surface area contributed by atoms with Crippen molar-refractivity contribution >= 4 is 29.6 Å². The first kappa shape index (κ1) is 12.6. The molecule has 4 radical (unpaired) electrons.